The van der Waals surface area contributed by atoms with E-state index in [2.05, 4.69) is 21.2 Å². The Morgan fingerprint density at radius 3 is 2.71 bits per heavy atom. The third-order valence-corrected chi connectivity index (χ3v) is 5.94. The molecule has 0 aromatic heterocycles. The molecular formula is C21H20BrN3O3. The number of rotatable bonds is 3. The van der Waals surface area contributed by atoms with Crippen LogP contribution in [0.25, 0.3) is 0 Å². The number of carbonyl (C=O) groups is 3. The normalized spacial score (nSPS) is 23.8. The number of carbonyl (C=O) groups excluding carboxylic acids is 3. The molecule has 2 atom stereocenters. The van der Waals surface area contributed by atoms with Crippen LogP contribution < -0.4 is 10.2 Å². The molecule has 0 radical (unpaired) electrons. The smallest absolute Gasteiger partial charge is 0.319 e. The Morgan fingerprint density at radius 2 is 1.96 bits per heavy atom. The highest BCUT2D eigenvalue weighted by Gasteiger charge is 2.50. The summed E-state index contributed by atoms with van der Waals surface area (Å²) < 4.78 is 0.810. The maximum absolute atomic E-state index is 13.1. The molecule has 28 heavy (non-hydrogen) atoms. The Balaban J connectivity index is 1.58. The zero-order chi connectivity index (χ0) is 20.1. The fourth-order valence-corrected chi connectivity index (χ4v) is 4.39. The van der Waals surface area contributed by atoms with Crippen LogP contribution in [0, 0.1) is 0 Å². The number of halogens is 1. The van der Waals surface area contributed by atoms with Crippen LogP contribution in [0.5, 0.6) is 0 Å². The third kappa shape index (κ3) is 2.90. The van der Waals surface area contributed by atoms with Gasteiger partial charge in [-0.2, -0.15) is 0 Å². The van der Waals surface area contributed by atoms with Gasteiger partial charge in [0.05, 0.1) is 0 Å². The lowest BCUT2D eigenvalue weighted by Crippen LogP contribution is -2.46. The van der Waals surface area contributed by atoms with Gasteiger partial charge < -0.3 is 10.2 Å². The Morgan fingerprint density at radius 1 is 1.21 bits per heavy atom. The van der Waals surface area contributed by atoms with Gasteiger partial charge in [-0.05, 0) is 49.6 Å². The molecule has 4 amide bonds. The number of nitrogens with one attached hydrogen (secondary N) is 1. The molecule has 1 saturated heterocycles. The first kappa shape index (κ1) is 18.7. The lowest BCUT2D eigenvalue weighted by Gasteiger charge is -2.25. The van der Waals surface area contributed by atoms with Crippen LogP contribution in [0.4, 0.5) is 10.5 Å². The number of fused-ring (bicyclic) bond motifs is 1. The van der Waals surface area contributed by atoms with Crippen LogP contribution in [-0.2, 0) is 21.5 Å². The number of benzene rings is 2. The van der Waals surface area contributed by atoms with Gasteiger partial charge in [0.25, 0.3) is 5.91 Å². The first-order valence-electron chi connectivity index (χ1n) is 9.11. The van der Waals surface area contributed by atoms with Crippen LogP contribution in [0.2, 0.25) is 0 Å². The lowest BCUT2D eigenvalue weighted by atomic mass is 9.92. The summed E-state index contributed by atoms with van der Waals surface area (Å²) in [6.45, 7) is 3.34. The summed E-state index contributed by atoms with van der Waals surface area (Å²) in [4.78, 5) is 41.3. The molecule has 0 saturated carbocycles. The van der Waals surface area contributed by atoms with Gasteiger partial charge in [-0.25, -0.2) is 4.79 Å². The van der Waals surface area contributed by atoms with E-state index in [4.69, 9.17) is 0 Å². The third-order valence-electron chi connectivity index (χ3n) is 5.45. The summed E-state index contributed by atoms with van der Waals surface area (Å²) in [6.07, 6.45) is 0.762. The maximum atomic E-state index is 13.1. The summed E-state index contributed by atoms with van der Waals surface area (Å²) in [6, 6.07) is 14.4. The number of amides is 4. The molecule has 2 aromatic rings. The van der Waals surface area contributed by atoms with Crippen molar-refractivity contribution in [2.24, 2.45) is 0 Å². The molecule has 2 heterocycles. The lowest BCUT2D eigenvalue weighted by molar-refractivity contribution is -0.134. The number of hydrogen-bond donors (Lipinski definition) is 1. The minimum atomic E-state index is -1.20. The van der Waals surface area contributed by atoms with E-state index in [9.17, 15) is 14.4 Å². The van der Waals surface area contributed by atoms with Crippen LogP contribution in [0.3, 0.4) is 0 Å². The number of para-hydroxylation sites is 1. The number of anilines is 1. The van der Waals surface area contributed by atoms with Crippen molar-refractivity contribution in [1.82, 2.24) is 10.2 Å². The van der Waals surface area contributed by atoms with Gasteiger partial charge in [-0.15, -0.1) is 0 Å². The largest absolute Gasteiger partial charge is 0.325 e. The number of imide groups is 1. The zero-order valence-electron chi connectivity index (χ0n) is 15.6. The molecule has 6 nitrogen and oxygen atoms in total. The predicted octanol–water partition coefficient (Wildman–Crippen LogP) is 3.19. The van der Waals surface area contributed by atoms with Gasteiger partial charge in [-0.1, -0.05) is 46.3 Å². The predicted molar refractivity (Wildman–Crippen MR) is 109 cm³/mol. The van der Waals surface area contributed by atoms with Gasteiger partial charge in [0.2, 0.25) is 5.91 Å². The van der Waals surface area contributed by atoms with E-state index >= 15 is 0 Å². The fraction of sp³-hybridized carbons (Fsp3) is 0.286. The summed E-state index contributed by atoms with van der Waals surface area (Å²) in [7, 11) is 0. The first-order chi connectivity index (χ1) is 13.3. The van der Waals surface area contributed by atoms with Crippen molar-refractivity contribution in [2.45, 2.75) is 31.8 Å². The summed E-state index contributed by atoms with van der Waals surface area (Å²) in [5, 5.41) is 2.75. The fourth-order valence-electron chi connectivity index (χ4n) is 3.99. The van der Waals surface area contributed by atoms with Crippen LogP contribution in [0.1, 0.15) is 25.0 Å². The number of hydrogen-bond acceptors (Lipinski definition) is 3. The molecule has 1 fully saturated rings. The Kier molecular flexibility index (Phi) is 4.50. The van der Waals surface area contributed by atoms with E-state index in [0.717, 1.165) is 27.0 Å². The summed E-state index contributed by atoms with van der Waals surface area (Å²) >= 11 is 3.39. The quantitative estimate of drug-likeness (QED) is 0.743. The van der Waals surface area contributed by atoms with Crippen LogP contribution in [0.15, 0.2) is 53.0 Å². The molecule has 2 aliphatic rings. The molecule has 0 aliphatic carbocycles. The van der Waals surface area contributed by atoms with Gasteiger partial charge in [0.1, 0.15) is 12.1 Å². The highest BCUT2D eigenvalue weighted by molar-refractivity contribution is 9.10. The van der Waals surface area contributed by atoms with Crippen molar-refractivity contribution in [2.75, 3.05) is 11.4 Å². The maximum Gasteiger partial charge on any atom is 0.325 e. The molecule has 2 unspecified atom stereocenters. The molecular weight excluding hydrogens is 422 g/mol. The van der Waals surface area contributed by atoms with Gasteiger partial charge in [0.15, 0.2) is 0 Å². The molecule has 7 heteroatoms. The van der Waals surface area contributed by atoms with Crippen LogP contribution >= 0.6 is 15.9 Å². The molecule has 144 valence electrons. The SMILES string of the molecule is CC1Cc2ccccc2N1C(=O)CN1C(=O)NC(C)(c2cccc(Br)c2)C1=O. The summed E-state index contributed by atoms with van der Waals surface area (Å²) in [5.41, 5.74) is 1.41. The van der Waals surface area contributed by atoms with Gasteiger partial charge in [-0.3, -0.25) is 14.5 Å². The minimum Gasteiger partial charge on any atom is -0.319 e. The summed E-state index contributed by atoms with van der Waals surface area (Å²) in [5.74, 6) is -0.691. The standard InChI is InChI=1S/C21H20BrN3O3/c1-13-10-14-6-3-4-9-17(14)25(13)18(26)12-24-19(27)21(2,23-20(24)28)15-7-5-8-16(22)11-15/h3-9,11,13H,10,12H2,1-2H3,(H,23,28). The molecule has 2 aliphatic heterocycles. The molecule has 4 rings (SSSR count). The van der Waals surface area contributed by atoms with E-state index in [1.165, 1.54) is 0 Å². The van der Waals surface area contributed by atoms with E-state index in [0.29, 0.717) is 5.56 Å². The van der Waals surface area contributed by atoms with Gasteiger partial charge >= 0.3 is 6.03 Å². The molecule has 2 aromatic carbocycles. The topological polar surface area (TPSA) is 69.7 Å². The van der Waals surface area contributed by atoms with Crippen molar-refractivity contribution in [3.63, 3.8) is 0 Å². The minimum absolute atomic E-state index is 0.0119. The molecule has 0 bridgehead atoms. The van der Waals surface area contributed by atoms with Crippen LogP contribution in [-0.4, -0.2) is 35.3 Å². The van der Waals surface area contributed by atoms with Crippen molar-refractivity contribution in [1.29, 1.82) is 0 Å². The van der Waals surface area contributed by atoms with E-state index in [1.54, 1.807) is 30.0 Å². The zero-order valence-corrected chi connectivity index (χ0v) is 17.2. The Hall–Kier alpha value is -2.67. The highest BCUT2D eigenvalue weighted by Crippen LogP contribution is 2.33. The second-order valence-electron chi connectivity index (χ2n) is 7.40. The monoisotopic (exact) mass is 441 g/mol. The van der Waals surface area contributed by atoms with Crippen molar-refractivity contribution in [3.05, 3.63) is 64.1 Å². The second-order valence-corrected chi connectivity index (χ2v) is 8.32. The highest BCUT2D eigenvalue weighted by atomic mass is 79.9. The van der Waals surface area contributed by atoms with Crippen molar-refractivity contribution >= 4 is 39.5 Å². The first-order valence-corrected chi connectivity index (χ1v) is 9.90. The van der Waals surface area contributed by atoms with E-state index in [1.807, 2.05) is 37.3 Å². The Labute approximate surface area is 171 Å². The number of urea groups is 1. The van der Waals surface area contributed by atoms with E-state index < -0.39 is 17.5 Å². The average Bonchev–Trinajstić information content (AvgIpc) is 3.10. The Bertz CT molecular complexity index is 992. The van der Waals surface area contributed by atoms with E-state index in [-0.39, 0.29) is 18.5 Å². The van der Waals surface area contributed by atoms with Gasteiger partial charge in [0, 0.05) is 16.2 Å². The average molecular weight is 442 g/mol. The number of nitrogens with zero attached hydrogens (tertiary/aromatic N) is 2. The van der Waals surface area contributed by atoms with Crippen molar-refractivity contribution < 1.29 is 14.4 Å². The molecule has 1 N–H and O–H groups in total. The second kappa shape index (κ2) is 6.74. The van der Waals surface area contributed by atoms with Crippen molar-refractivity contribution in [3.8, 4) is 0 Å². The molecule has 0 spiro atoms.